The van der Waals surface area contributed by atoms with E-state index in [1.807, 2.05) is 20.8 Å². The lowest BCUT2D eigenvalue weighted by Crippen LogP contribution is -2.15. The van der Waals surface area contributed by atoms with Crippen LogP contribution in [0.5, 0.6) is 0 Å². The average Bonchev–Trinajstić information content (AvgIpc) is 2.27. The number of carbonyl (C=O) groups excluding carboxylic acids is 1. The maximum atomic E-state index is 11.7. The van der Waals surface area contributed by atoms with E-state index in [4.69, 9.17) is 9.84 Å². The van der Waals surface area contributed by atoms with E-state index in [0.717, 1.165) is 5.56 Å². The first kappa shape index (κ1) is 14.2. The number of carboxylic acids is 1. The molecule has 1 aromatic carbocycles. The maximum absolute atomic E-state index is 11.7. The minimum Gasteiger partial charge on any atom is -0.478 e. The van der Waals surface area contributed by atoms with Gasteiger partial charge in [-0.3, -0.25) is 0 Å². The van der Waals surface area contributed by atoms with Crippen LogP contribution in [0.4, 0.5) is 0 Å². The predicted molar refractivity (Wildman–Crippen MR) is 68.1 cm³/mol. The Kier molecular flexibility index (Phi) is 4.11. The summed E-state index contributed by atoms with van der Waals surface area (Å²) in [5.41, 5.74) is 0.949. The second-order valence-electron chi connectivity index (χ2n) is 5.07. The molecule has 0 aliphatic carbocycles. The molecule has 0 fully saturated rings. The lowest BCUT2D eigenvalue weighted by atomic mass is 9.85. The zero-order chi connectivity index (χ0) is 13.9. The predicted octanol–water partition coefficient (Wildman–Crippen LogP) is 2.86. The van der Waals surface area contributed by atoms with Crippen molar-refractivity contribution in [3.05, 3.63) is 34.9 Å². The Morgan fingerprint density at radius 2 is 1.72 bits per heavy atom. The summed E-state index contributed by atoms with van der Waals surface area (Å²) in [5.74, 6) is -1.54. The number of carboxylic acid groups (broad SMARTS) is 1. The molecular formula is C14H18O4. The average molecular weight is 250 g/mol. The van der Waals surface area contributed by atoms with E-state index in [2.05, 4.69) is 0 Å². The number of ether oxygens (including phenoxy) is 1. The fourth-order valence-corrected chi connectivity index (χ4v) is 1.52. The molecule has 0 spiro atoms. The fourth-order valence-electron chi connectivity index (χ4n) is 1.52. The molecule has 18 heavy (non-hydrogen) atoms. The molecule has 0 heterocycles. The first-order chi connectivity index (χ1) is 8.25. The van der Waals surface area contributed by atoms with Gasteiger partial charge in [-0.25, -0.2) is 9.59 Å². The third-order valence-corrected chi connectivity index (χ3v) is 2.56. The zero-order valence-corrected chi connectivity index (χ0v) is 11.1. The Labute approximate surface area is 107 Å². The molecule has 4 nitrogen and oxygen atoms in total. The van der Waals surface area contributed by atoms with Gasteiger partial charge in [-0.05, 0) is 36.1 Å². The van der Waals surface area contributed by atoms with Crippen molar-refractivity contribution in [2.45, 2.75) is 33.1 Å². The minimum absolute atomic E-state index is 0.102. The molecule has 0 aliphatic rings. The molecule has 0 radical (unpaired) electrons. The highest BCUT2D eigenvalue weighted by Crippen LogP contribution is 2.25. The molecule has 0 aromatic heterocycles. The molecule has 1 rings (SSSR count). The molecule has 0 atom stereocenters. The lowest BCUT2D eigenvalue weighted by molar-refractivity contribution is 0.0526. The van der Waals surface area contributed by atoms with Gasteiger partial charge in [-0.1, -0.05) is 20.8 Å². The number of aromatic carboxylic acids is 1. The summed E-state index contributed by atoms with van der Waals surface area (Å²) in [5, 5.41) is 9.06. The second-order valence-corrected chi connectivity index (χ2v) is 5.07. The van der Waals surface area contributed by atoms with E-state index in [0.29, 0.717) is 0 Å². The highest BCUT2D eigenvalue weighted by molar-refractivity contribution is 5.95. The first-order valence-electron chi connectivity index (χ1n) is 5.81. The Balaban J connectivity index is 3.31. The van der Waals surface area contributed by atoms with Gasteiger partial charge in [-0.15, -0.1) is 0 Å². The molecule has 1 aromatic rings. The SMILES string of the molecule is CCOC(=O)c1cc(C(=O)O)cc(C(C)(C)C)c1. The van der Waals surface area contributed by atoms with E-state index >= 15 is 0 Å². The highest BCUT2D eigenvalue weighted by atomic mass is 16.5. The van der Waals surface area contributed by atoms with Gasteiger partial charge in [0, 0.05) is 0 Å². The van der Waals surface area contributed by atoms with Gasteiger partial charge in [0.1, 0.15) is 0 Å². The monoisotopic (exact) mass is 250 g/mol. The quantitative estimate of drug-likeness (QED) is 0.838. The Morgan fingerprint density at radius 1 is 1.17 bits per heavy atom. The number of hydrogen-bond acceptors (Lipinski definition) is 3. The third kappa shape index (κ3) is 3.32. The normalized spacial score (nSPS) is 11.1. The maximum Gasteiger partial charge on any atom is 0.338 e. The van der Waals surface area contributed by atoms with Crippen LogP contribution in [0.15, 0.2) is 18.2 Å². The summed E-state index contributed by atoms with van der Waals surface area (Å²) in [6.45, 7) is 7.86. The number of rotatable bonds is 3. The van der Waals surface area contributed by atoms with Crippen LogP contribution in [0.2, 0.25) is 0 Å². The number of carbonyl (C=O) groups is 2. The van der Waals surface area contributed by atoms with Crippen molar-refractivity contribution in [3.63, 3.8) is 0 Å². The van der Waals surface area contributed by atoms with Crippen LogP contribution < -0.4 is 0 Å². The molecule has 98 valence electrons. The Morgan fingerprint density at radius 3 is 2.17 bits per heavy atom. The van der Waals surface area contributed by atoms with E-state index in [1.54, 1.807) is 19.1 Å². The van der Waals surface area contributed by atoms with E-state index in [9.17, 15) is 9.59 Å². The van der Waals surface area contributed by atoms with Crippen LogP contribution in [0.25, 0.3) is 0 Å². The van der Waals surface area contributed by atoms with Crippen molar-refractivity contribution in [1.29, 1.82) is 0 Å². The molecule has 0 bridgehead atoms. The standard InChI is InChI=1S/C14H18O4/c1-5-18-13(17)10-6-9(12(15)16)7-11(8-10)14(2,3)4/h6-8H,5H2,1-4H3,(H,15,16). The van der Waals surface area contributed by atoms with Crippen LogP contribution in [0.3, 0.4) is 0 Å². The smallest absolute Gasteiger partial charge is 0.338 e. The molecule has 1 N–H and O–H groups in total. The summed E-state index contributed by atoms with van der Waals surface area (Å²) < 4.78 is 4.90. The molecular weight excluding hydrogens is 232 g/mol. The van der Waals surface area contributed by atoms with Gasteiger partial charge >= 0.3 is 11.9 Å². The van der Waals surface area contributed by atoms with Crippen molar-refractivity contribution < 1.29 is 19.4 Å². The second kappa shape index (κ2) is 5.21. The molecule has 0 aliphatic heterocycles. The first-order valence-corrected chi connectivity index (χ1v) is 5.81. The molecule has 0 amide bonds. The van der Waals surface area contributed by atoms with Crippen molar-refractivity contribution in [1.82, 2.24) is 0 Å². The summed E-state index contributed by atoms with van der Waals surface area (Å²) in [4.78, 5) is 22.7. The van der Waals surface area contributed by atoms with Crippen molar-refractivity contribution in [3.8, 4) is 0 Å². The molecule has 0 saturated heterocycles. The van der Waals surface area contributed by atoms with Gasteiger partial charge < -0.3 is 9.84 Å². The molecule has 0 unspecified atom stereocenters. The topological polar surface area (TPSA) is 63.6 Å². The Bertz CT molecular complexity index is 469. The number of benzene rings is 1. The van der Waals surface area contributed by atoms with Crippen molar-refractivity contribution in [2.24, 2.45) is 0 Å². The van der Waals surface area contributed by atoms with Crippen molar-refractivity contribution in [2.75, 3.05) is 6.61 Å². The van der Waals surface area contributed by atoms with E-state index in [-0.39, 0.29) is 23.1 Å². The minimum atomic E-state index is -1.05. The molecule has 0 saturated carbocycles. The summed E-state index contributed by atoms with van der Waals surface area (Å²) >= 11 is 0. The van der Waals surface area contributed by atoms with Gasteiger partial charge in [0.2, 0.25) is 0 Å². The summed E-state index contributed by atoms with van der Waals surface area (Å²) in [6, 6.07) is 4.62. The van der Waals surface area contributed by atoms with Crippen LogP contribution in [0.1, 0.15) is 54.0 Å². The zero-order valence-electron chi connectivity index (χ0n) is 11.1. The van der Waals surface area contributed by atoms with Crippen LogP contribution in [-0.2, 0) is 10.2 Å². The number of hydrogen-bond donors (Lipinski definition) is 1. The van der Waals surface area contributed by atoms with Crippen LogP contribution >= 0.6 is 0 Å². The van der Waals surface area contributed by atoms with Gasteiger partial charge in [0.15, 0.2) is 0 Å². The Hall–Kier alpha value is -1.84. The lowest BCUT2D eigenvalue weighted by Gasteiger charge is -2.20. The highest BCUT2D eigenvalue weighted by Gasteiger charge is 2.19. The fraction of sp³-hybridized carbons (Fsp3) is 0.429. The third-order valence-electron chi connectivity index (χ3n) is 2.56. The van der Waals surface area contributed by atoms with Gasteiger partial charge in [0.05, 0.1) is 17.7 Å². The number of esters is 1. The molecule has 4 heteroatoms. The van der Waals surface area contributed by atoms with Gasteiger partial charge in [0.25, 0.3) is 0 Å². The van der Waals surface area contributed by atoms with Crippen molar-refractivity contribution >= 4 is 11.9 Å². The summed E-state index contributed by atoms with van der Waals surface area (Å²) in [6.07, 6.45) is 0. The largest absolute Gasteiger partial charge is 0.478 e. The van der Waals surface area contributed by atoms with Crippen LogP contribution in [-0.4, -0.2) is 23.7 Å². The van der Waals surface area contributed by atoms with Gasteiger partial charge in [-0.2, -0.15) is 0 Å². The van der Waals surface area contributed by atoms with Crippen LogP contribution in [0, 0.1) is 0 Å². The van der Waals surface area contributed by atoms with E-state index < -0.39 is 11.9 Å². The van der Waals surface area contributed by atoms with E-state index in [1.165, 1.54) is 6.07 Å². The summed E-state index contributed by atoms with van der Waals surface area (Å²) in [7, 11) is 0.